The molecule has 0 fully saturated rings. The molecule has 0 radical (unpaired) electrons. The number of ether oxygens (including phenoxy) is 1. The molecule has 1 rings (SSSR count). The van der Waals surface area contributed by atoms with Crippen LogP contribution in [0.2, 0.25) is 0 Å². The predicted octanol–water partition coefficient (Wildman–Crippen LogP) is 2.43. The third kappa shape index (κ3) is 3.98. The van der Waals surface area contributed by atoms with Gasteiger partial charge in [0.15, 0.2) is 0 Å². The molecule has 0 saturated carbocycles. The molecule has 88 valence electrons. The summed E-state index contributed by atoms with van der Waals surface area (Å²) in [4.78, 5) is 0. The Morgan fingerprint density at radius 1 is 1.44 bits per heavy atom. The molecule has 0 saturated heterocycles. The van der Waals surface area contributed by atoms with Crippen molar-refractivity contribution >= 4 is 5.84 Å². The normalized spacial score (nSPS) is 10.4. The lowest BCUT2D eigenvalue weighted by atomic mass is 10.1. The first-order valence-corrected chi connectivity index (χ1v) is 5.35. The van der Waals surface area contributed by atoms with Crippen LogP contribution in [-0.4, -0.2) is 12.4 Å². The Labute approximate surface area is 94.9 Å². The van der Waals surface area contributed by atoms with Gasteiger partial charge in [0.2, 0.25) is 0 Å². The van der Waals surface area contributed by atoms with Gasteiger partial charge in [0, 0.05) is 12.2 Å². The van der Waals surface area contributed by atoms with Gasteiger partial charge in [0.05, 0.1) is 6.61 Å². The molecule has 0 aliphatic heterocycles. The van der Waals surface area contributed by atoms with Crippen LogP contribution in [0.25, 0.3) is 0 Å². The molecule has 0 heterocycles. The van der Waals surface area contributed by atoms with Crippen molar-refractivity contribution in [1.82, 2.24) is 0 Å². The molecule has 4 heteroatoms. The van der Waals surface area contributed by atoms with Gasteiger partial charge in [-0.15, -0.1) is 0 Å². The zero-order valence-electron chi connectivity index (χ0n) is 9.42. The van der Waals surface area contributed by atoms with Gasteiger partial charge >= 0.3 is 0 Å². The van der Waals surface area contributed by atoms with Gasteiger partial charge in [-0.25, -0.2) is 4.39 Å². The number of rotatable bonds is 6. The minimum absolute atomic E-state index is 0.130. The number of halogens is 1. The molecule has 1 aromatic carbocycles. The van der Waals surface area contributed by atoms with Gasteiger partial charge in [-0.2, -0.15) is 0 Å². The van der Waals surface area contributed by atoms with E-state index in [1.807, 2.05) is 0 Å². The monoisotopic (exact) mass is 224 g/mol. The summed E-state index contributed by atoms with van der Waals surface area (Å²) in [6.07, 6.45) is 2.07. The lowest BCUT2D eigenvalue weighted by molar-refractivity contribution is 0.118. The molecule has 16 heavy (non-hydrogen) atoms. The maximum absolute atomic E-state index is 13.2. The van der Waals surface area contributed by atoms with E-state index >= 15 is 0 Å². The first-order chi connectivity index (χ1) is 7.63. The maximum Gasteiger partial charge on any atom is 0.124 e. The smallest absolute Gasteiger partial charge is 0.124 e. The highest BCUT2D eigenvalue weighted by molar-refractivity contribution is 5.95. The number of benzene rings is 1. The minimum atomic E-state index is -0.387. The fourth-order valence-corrected chi connectivity index (χ4v) is 1.33. The number of hydrogen-bond acceptors (Lipinski definition) is 2. The second-order valence-corrected chi connectivity index (χ2v) is 3.67. The van der Waals surface area contributed by atoms with Crippen LogP contribution in [0.4, 0.5) is 4.39 Å². The van der Waals surface area contributed by atoms with Crippen LogP contribution >= 0.6 is 0 Å². The van der Waals surface area contributed by atoms with Gasteiger partial charge < -0.3 is 10.5 Å². The van der Waals surface area contributed by atoms with E-state index in [1.165, 1.54) is 12.1 Å². The highest BCUT2D eigenvalue weighted by Gasteiger charge is 2.03. The first kappa shape index (κ1) is 12.6. The van der Waals surface area contributed by atoms with Gasteiger partial charge in [-0.05, 0) is 30.2 Å². The third-order valence-electron chi connectivity index (χ3n) is 2.18. The Balaban J connectivity index is 2.62. The van der Waals surface area contributed by atoms with E-state index in [2.05, 4.69) is 6.92 Å². The molecule has 0 unspecified atom stereocenters. The molecule has 0 aliphatic rings. The van der Waals surface area contributed by atoms with Crippen molar-refractivity contribution in [2.24, 2.45) is 5.73 Å². The van der Waals surface area contributed by atoms with Gasteiger partial charge in [-0.3, -0.25) is 5.41 Å². The van der Waals surface area contributed by atoms with Gasteiger partial charge in [0.25, 0.3) is 0 Å². The van der Waals surface area contributed by atoms with Crippen molar-refractivity contribution in [1.29, 1.82) is 5.41 Å². The van der Waals surface area contributed by atoms with E-state index in [-0.39, 0.29) is 11.7 Å². The molecule has 0 spiro atoms. The largest absolute Gasteiger partial charge is 0.384 e. The Bertz CT molecular complexity index is 366. The Morgan fingerprint density at radius 3 is 2.81 bits per heavy atom. The van der Waals surface area contributed by atoms with E-state index in [0.29, 0.717) is 24.3 Å². The predicted molar refractivity (Wildman–Crippen MR) is 62.0 cm³/mol. The number of unbranched alkanes of at least 4 members (excludes halogenated alkanes) is 1. The standard InChI is InChI=1S/C12H17FN2O/c1-2-3-4-16-8-9-5-10(12(14)15)7-11(13)6-9/h5-7H,2-4,8H2,1H3,(H3,14,15). The SMILES string of the molecule is CCCCOCc1cc(F)cc(C(=N)N)c1. The summed E-state index contributed by atoms with van der Waals surface area (Å²) < 4.78 is 18.5. The summed E-state index contributed by atoms with van der Waals surface area (Å²) in [5, 5.41) is 7.24. The Kier molecular flexibility index (Phi) is 4.92. The summed E-state index contributed by atoms with van der Waals surface area (Å²) in [6.45, 7) is 3.11. The van der Waals surface area contributed by atoms with Crippen molar-refractivity contribution in [2.75, 3.05) is 6.61 Å². The van der Waals surface area contributed by atoms with Crippen molar-refractivity contribution in [3.8, 4) is 0 Å². The lowest BCUT2D eigenvalue weighted by Gasteiger charge is -2.06. The van der Waals surface area contributed by atoms with E-state index < -0.39 is 0 Å². The number of amidine groups is 1. The molecular weight excluding hydrogens is 207 g/mol. The van der Waals surface area contributed by atoms with E-state index in [1.54, 1.807) is 6.07 Å². The van der Waals surface area contributed by atoms with Gasteiger partial charge in [0.1, 0.15) is 11.7 Å². The molecule has 3 N–H and O–H groups in total. The van der Waals surface area contributed by atoms with Gasteiger partial charge in [-0.1, -0.05) is 13.3 Å². The number of nitrogen functional groups attached to an aromatic ring is 1. The summed E-state index contributed by atoms with van der Waals surface area (Å²) in [7, 11) is 0. The van der Waals surface area contributed by atoms with Crippen LogP contribution in [0.1, 0.15) is 30.9 Å². The van der Waals surface area contributed by atoms with Crippen LogP contribution in [0.3, 0.4) is 0 Å². The molecule has 0 aromatic heterocycles. The molecule has 0 atom stereocenters. The number of nitrogens with two attached hydrogens (primary N) is 1. The molecular formula is C12H17FN2O. The zero-order valence-corrected chi connectivity index (χ0v) is 9.42. The topological polar surface area (TPSA) is 59.1 Å². The molecule has 1 aromatic rings. The fraction of sp³-hybridized carbons (Fsp3) is 0.417. The summed E-state index contributed by atoms with van der Waals surface area (Å²) in [5.74, 6) is -0.518. The average molecular weight is 224 g/mol. The second kappa shape index (κ2) is 6.23. The molecule has 3 nitrogen and oxygen atoms in total. The van der Waals surface area contributed by atoms with Crippen molar-refractivity contribution in [3.05, 3.63) is 35.1 Å². The summed E-state index contributed by atoms with van der Waals surface area (Å²) >= 11 is 0. The average Bonchev–Trinajstić information content (AvgIpc) is 2.23. The summed E-state index contributed by atoms with van der Waals surface area (Å²) in [5.41, 5.74) is 6.41. The van der Waals surface area contributed by atoms with E-state index in [4.69, 9.17) is 15.9 Å². The van der Waals surface area contributed by atoms with Crippen molar-refractivity contribution in [2.45, 2.75) is 26.4 Å². The Hall–Kier alpha value is -1.42. The third-order valence-corrected chi connectivity index (χ3v) is 2.18. The molecule has 0 bridgehead atoms. The van der Waals surface area contributed by atoms with Crippen LogP contribution in [0, 0.1) is 11.2 Å². The highest BCUT2D eigenvalue weighted by atomic mass is 19.1. The minimum Gasteiger partial charge on any atom is -0.384 e. The van der Waals surface area contributed by atoms with Crippen LogP contribution < -0.4 is 5.73 Å². The van der Waals surface area contributed by atoms with E-state index in [0.717, 1.165) is 12.8 Å². The zero-order chi connectivity index (χ0) is 12.0. The Morgan fingerprint density at radius 2 is 2.19 bits per heavy atom. The summed E-state index contributed by atoms with van der Waals surface area (Å²) in [6, 6.07) is 4.33. The highest BCUT2D eigenvalue weighted by Crippen LogP contribution is 2.10. The maximum atomic E-state index is 13.2. The van der Waals surface area contributed by atoms with Crippen LogP contribution in [0.5, 0.6) is 0 Å². The van der Waals surface area contributed by atoms with E-state index in [9.17, 15) is 4.39 Å². The number of hydrogen-bond donors (Lipinski definition) is 2. The lowest BCUT2D eigenvalue weighted by Crippen LogP contribution is -2.12. The quantitative estimate of drug-likeness (QED) is 0.443. The van der Waals surface area contributed by atoms with Crippen molar-refractivity contribution < 1.29 is 9.13 Å². The van der Waals surface area contributed by atoms with Crippen LogP contribution in [0.15, 0.2) is 18.2 Å². The fourth-order valence-electron chi connectivity index (χ4n) is 1.33. The molecule has 0 aliphatic carbocycles. The first-order valence-electron chi connectivity index (χ1n) is 5.35. The second-order valence-electron chi connectivity index (χ2n) is 3.67. The van der Waals surface area contributed by atoms with Crippen LogP contribution in [-0.2, 0) is 11.3 Å². The van der Waals surface area contributed by atoms with Crippen molar-refractivity contribution in [3.63, 3.8) is 0 Å². The molecule has 0 amide bonds. The number of nitrogens with one attached hydrogen (secondary N) is 1.